The van der Waals surface area contributed by atoms with Crippen molar-refractivity contribution in [2.75, 3.05) is 6.61 Å². The maximum atomic E-state index is 11.1. The van der Waals surface area contributed by atoms with Crippen molar-refractivity contribution in [2.45, 2.75) is 6.92 Å². The third-order valence-corrected chi connectivity index (χ3v) is 1.78. The van der Waals surface area contributed by atoms with Gasteiger partial charge in [0.05, 0.1) is 0 Å². The highest BCUT2D eigenvalue weighted by molar-refractivity contribution is 5.82. The Morgan fingerprint density at radius 2 is 2.06 bits per heavy atom. The number of hydrogen-bond acceptors (Lipinski definition) is 3. The van der Waals surface area contributed by atoms with E-state index in [0.29, 0.717) is 5.70 Å². The highest BCUT2D eigenvalue weighted by Crippen LogP contribution is 2.00. The molecule has 0 radical (unpaired) electrons. The molecule has 0 bridgehead atoms. The SMILES string of the molecule is CC(N)=CC(=O)OCC=Cc1ccccc1. The Bertz CT molecular complexity index is 390. The lowest BCUT2D eigenvalue weighted by atomic mass is 10.2. The normalized spacial score (nSPS) is 11.7. The number of ether oxygens (including phenoxy) is 1. The molecule has 1 aromatic rings. The van der Waals surface area contributed by atoms with Crippen LogP contribution in [0.4, 0.5) is 0 Å². The first kappa shape index (κ1) is 12.0. The molecule has 3 nitrogen and oxygen atoms in total. The standard InChI is InChI=1S/C13H15NO2/c1-11(14)10-13(15)16-9-5-8-12-6-3-2-4-7-12/h2-8,10H,9,14H2,1H3. The number of hydrogen-bond donors (Lipinski definition) is 1. The Labute approximate surface area is 95.2 Å². The van der Waals surface area contributed by atoms with Gasteiger partial charge in [-0.3, -0.25) is 0 Å². The van der Waals surface area contributed by atoms with Crippen molar-refractivity contribution in [3.8, 4) is 0 Å². The van der Waals surface area contributed by atoms with E-state index in [9.17, 15) is 4.79 Å². The van der Waals surface area contributed by atoms with Gasteiger partial charge < -0.3 is 10.5 Å². The zero-order chi connectivity index (χ0) is 11.8. The Kier molecular flexibility index (Phi) is 4.86. The van der Waals surface area contributed by atoms with Crippen LogP contribution in [0.25, 0.3) is 6.08 Å². The largest absolute Gasteiger partial charge is 0.458 e. The summed E-state index contributed by atoms with van der Waals surface area (Å²) in [6.45, 7) is 1.89. The lowest BCUT2D eigenvalue weighted by molar-refractivity contribution is -0.136. The summed E-state index contributed by atoms with van der Waals surface area (Å²) in [5, 5.41) is 0. The molecular weight excluding hydrogens is 202 g/mol. The van der Waals surface area contributed by atoms with E-state index in [1.165, 1.54) is 6.08 Å². The highest BCUT2D eigenvalue weighted by Gasteiger charge is 1.94. The summed E-state index contributed by atoms with van der Waals surface area (Å²) in [4.78, 5) is 11.1. The molecule has 16 heavy (non-hydrogen) atoms. The third kappa shape index (κ3) is 5.00. The van der Waals surface area contributed by atoms with Crippen LogP contribution in [0.15, 0.2) is 48.2 Å². The summed E-state index contributed by atoms with van der Waals surface area (Å²) >= 11 is 0. The van der Waals surface area contributed by atoms with Crippen LogP contribution in [0.2, 0.25) is 0 Å². The molecular formula is C13H15NO2. The van der Waals surface area contributed by atoms with E-state index < -0.39 is 5.97 Å². The number of carbonyl (C=O) groups is 1. The Balaban J connectivity index is 2.34. The maximum absolute atomic E-state index is 11.1. The first-order valence-corrected chi connectivity index (χ1v) is 5.00. The summed E-state index contributed by atoms with van der Waals surface area (Å²) in [7, 11) is 0. The number of esters is 1. The van der Waals surface area contributed by atoms with Crippen LogP contribution < -0.4 is 5.73 Å². The molecule has 1 rings (SSSR count). The number of allylic oxidation sites excluding steroid dienone is 1. The van der Waals surface area contributed by atoms with Gasteiger partial charge in [0.2, 0.25) is 0 Å². The van der Waals surface area contributed by atoms with E-state index >= 15 is 0 Å². The van der Waals surface area contributed by atoms with Crippen LogP contribution in [-0.4, -0.2) is 12.6 Å². The molecule has 0 atom stereocenters. The number of benzene rings is 1. The summed E-state index contributed by atoms with van der Waals surface area (Å²) in [6.07, 6.45) is 4.94. The van der Waals surface area contributed by atoms with Gasteiger partial charge in [-0.25, -0.2) is 4.79 Å². The molecule has 0 spiro atoms. The first-order chi connectivity index (χ1) is 7.68. The van der Waals surface area contributed by atoms with Crippen molar-refractivity contribution in [3.05, 3.63) is 53.7 Å². The fourth-order valence-corrected chi connectivity index (χ4v) is 1.11. The number of nitrogens with two attached hydrogens (primary N) is 1. The zero-order valence-corrected chi connectivity index (χ0v) is 9.22. The van der Waals surface area contributed by atoms with E-state index in [2.05, 4.69) is 0 Å². The zero-order valence-electron chi connectivity index (χ0n) is 9.22. The minimum atomic E-state index is -0.419. The summed E-state index contributed by atoms with van der Waals surface area (Å²) < 4.78 is 4.89. The molecule has 1 aromatic carbocycles. The average Bonchev–Trinajstić information content (AvgIpc) is 2.25. The van der Waals surface area contributed by atoms with Crippen LogP contribution in [0, 0.1) is 0 Å². The summed E-state index contributed by atoms with van der Waals surface area (Å²) in [5.41, 5.74) is 6.85. The van der Waals surface area contributed by atoms with Crippen LogP contribution in [-0.2, 0) is 9.53 Å². The molecule has 0 aliphatic heterocycles. The van der Waals surface area contributed by atoms with Crippen LogP contribution in [0.1, 0.15) is 12.5 Å². The van der Waals surface area contributed by atoms with E-state index in [0.717, 1.165) is 5.56 Å². The molecule has 84 valence electrons. The maximum Gasteiger partial charge on any atom is 0.332 e. The average molecular weight is 217 g/mol. The smallest absolute Gasteiger partial charge is 0.332 e. The Morgan fingerprint density at radius 3 is 2.69 bits per heavy atom. The lowest BCUT2D eigenvalue weighted by Gasteiger charge is -1.97. The van der Waals surface area contributed by atoms with E-state index in [1.807, 2.05) is 36.4 Å². The van der Waals surface area contributed by atoms with Crippen molar-refractivity contribution in [1.82, 2.24) is 0 Å². The third-order valence-electron chi connectivity index (χ3n) is 1.78. The second kappa shape index (κ2) is 6.45. The molecule has 0 fully saturated rings. The molecule has 0 aliphatic rings. The van der Waals surface area contributed by atoms with Gasteiger partial charge in [-0.2, -0.15) is 0 Å². The van der Waals surface area contributed by atoms with Crippen molar-refractivity contribution in [3.63, 3.8) is 0 Å². The number of rotatable bonds is 4. The van der Waals surface area contributed by atoms with Crippen LogP contribution in [0.5, 0.6) is 0 Å². The predicted molar refractivity (Wildman–Crippen MR) is 64.4 cm³/mol. The van der Waals surface area contributed by atoms with Gasteiger partial charge in [-0.1, -0.05) is 36.4 Å². The molecule has 0 unspecified atom stereocenters. The first-order valence-electron chi connectivity index (χ1n) is 5.00. The molecule has 3 heteroatoms. The monoisotopic (exact) mass is 217 g/mol. The van der Waals surface area contributed by atoms with Gasteiger partial charge in [0.25, 0.3) is 0 Å². The highest BCUT2D eigenvalue weighted by atomic mass is 16.5. The molecule has 0 aromatic heterocycles. The van der Waals surface area contributed by atoms with E-state index in [-0.39, 0.29) is 6.61 Å². The van der Waals surface area contributed by atoms with E-state index in [4.69, 9.17) is 10.5 Å². The van der Waals surface area contributed by atoms with Crippen LogP contribution in [0.3, 0.4) is 0 Å². The number of carbonyl (C=O) groups excluding carboxylic acids is 1. The van der Waals surface area contributed by atoms with E-state index in [1.54, 1.807) is 13.0 Å². The molecule has 2 N–H and O–H groups in total. The Hall–Kier alpha value is -2.03. The van der Waals surface area contributed by atoms with Crippen molar-refractivity contribution in [2.24, 2.45) is 5.73 Å². The van der Waals surface area contributed by atoms with Gasteiger partial charge in [0, 0.05) is 11.8 Å². The van der Waals surface area contributed by atoms with Gasteiger partial charge in [0.15, 0.2) is 0 Å². The minimum Gasteiger partial charge on any atom is -0.458 e. The van der Waals surface area contributed by atoms with Crippen molar-refractivity contribution < 1.29 is 9.53 Å². The molecule has 0 saturated heterocycles. The summed E-state index contributed by atoms with van der Waals surface area (Å²) in [6, 6.07) is 9.80. The second-order valence-corrected chi connectivity index (χ2v) is 3.33. The van der Waals surface area contributed by atoms with Gasteiger partial charge in [-0.05, 0) is 18.6 Å². The second-order valence-electron chi connectivity index (χ2n) is 3.33. The van der Waals surface area contributed by atoms with Gasteiger partial charge in [0.1, 0.15) is 6.61 Å². The Morgan fingerprint density at radius 1 is 1.38 bits per heavy atom. The topological polar surface area (TPSA) is 52.3 Å². The fraction of sp³-hybridized carbons (Fsp3) is 0.154. The summed E-state index contributed by atoms with van der Waals surface area (Å²) in [5.74, 6) is -0.419. The van der Waals surface area contributed by atoms with Gasteiger partial charge in [-0.15, -0.1) is 0 Å². The minimum absolute atomic E-state index is 0.248. The molecule has 0 aliphatic carbocycles. The van der Waals surface area contributed by atoms with Gasteiger partial charge >= 0.3 is 5.97 Å². The van der Waals surface area contributed by atoms with Crippen LogP contribution >= 0.6 is 0 Å². The lowest BCUT2D eigenvalue weighted by Crippen LogP contribution is -2.03. The quantitative estimate of drug-likeness (QED) is 0.620. The molecule has 0 heterocycles. The predicted octanol–water partition coefficient (Wildman–Crippen LogP) is 2.11. The molecule has 0 saturated carbocycles. The van der Waals surface area contributed by atoms with Crippen molar-refractivity contribution >= 4 is 12.0 Å². The van der Waals surface area contributed by atoms with Crippen molar-refractivity contribution in [1.29, 1.82) is 0 Å². The molecule has 0 amide bonds. The fourth-order valence-electron chi connectivity index (χ4n) is 1.11.